The van der Waals surface area contributed by atoms with Crippen LogP contribution in [0.5, 0.6) is 11.5 Å². The van der Waals surface area contributed by atoms with E-state index in [1.807, 2.05) is 24.4 Å². The van der Waals surface area contributed by atoms with Crippen molar-refractivity contribution < 1.29 is 14.2 Å². The van der Waals surface area contributed by atoms with Crippen LogP contribution in [0, 0.1) is 0 Å². The van der Waals surface area contributed by atoms with Gasteiger partial charge in [0.2, 0.25) is 0 Å². The van der Waals surface area contributed by atoms with Crippen LogP contribution in [0.25, 0.3) is 10.2 Å². The Morgan fingerprint density at radius 3 is 2.71 bits per heavy atom. The number of nitrogens with zero attached hydrogens (tertiary/aromatic N) is 2. The van der Waals surface area contributed by atoms with Crippen molar-refractivity contribution in [1.82, 2.24) is 15.2 Å². The summed E-state index contributed by atoms with van der Waals surface area (Å²) in [6.45, 7) is 6.60. The molecule has 2 aromatic carbocycles. The molecule has 8 heteroatoms. The molecule has 1 aromatic heterocycles. The predicted molar refractivity (Wildman–Crippen MR) is 138 cm³/mol. The van der Waals surface area contributed by atoms with Gasteiger partial charge >= 0.3 is 0 Å². The highest BCUT2D eigenvalue weighted by atomic mass is 32.1. The van der Waals surface area contributed by atoms with Crippen LogP contribution in [0.1, 0.15) is 35.5 Å². The van der Waals surface area contributed by atoms with Crippen molar-refractivity contribution in [2.24, 2.45) is 5.73 Å². The van der Waals surface area contributed by atoms with Crippen LogP contribution >= 0.6 is 11.3 Å². The zero-order valence-corrected chi connectivity index (χ0v) is 21.0. The van der Waals surface area contributed by atoms with Crippen molar-refractivity contribution in [2.75, 3.05) is 47.1 Å². The Morgan fingerprint density at radius 2 is 1.97 bits per heavy atom. The summed E-state index contributed by atoms with van der Waals surface area (Å²) in [5.41, 5.74) is 10.6. The molecule has 1 atom stereocenters. The maximum Gasteiger partial charge on any atom is 0.161 e. The van der Waals surface area contributed by atoms with Gasteiger partial charge in [0.05, 0.1) is 37.6 Å². The molecule has 0 aliphatic carbocycles. The largest absolute Gasteiger partial charge is 0.493 e. The van der Waals surface area contributed by atoms with Crippen LogP contribution < -0.4 is 20.5 Å². The van der Waals surface area contributed by atoms with Crippen LogP contribution in [0.15, 0.2) is 48.3 Å². The number of nitrogens with two attached hydrogens (primary N) is 1. The summed E-state index contributed by atoms with van der Waals surface area (Å²) >= 11 is 1.70. The van der Waals surface area contributed by atoms with Gasteiger partial charge in [0.1, 0.15) is 11.0 Å². The van der Waals surface area contributed by atoms with E-state index in [0.29, 0.717) is 11.5 Å². The standard InChI is InChI=1S/C26H34N4O3S/c1-4-18-5-7-21-24(15-18)34-26(29-21)25(19-6-8-22(31-2)23(16-19)32-3)28-17-20(27)9-10-30-11-13-33-14-12-30/h5-8,15-17,25,28H,4,9-14,27H2,1-3H3/b20-17-. The Bertz CT molecular complexity index is 1120. The smallest absolute Gasteiger partial charge is 0.161 e. The highest BCUT2D eigenvalue weighted by Gasteiger charge is 2.20. The molecule has 4 rings (SSSR count). The van der Waals surface area contributed by atoms with Crippen molar-refractivity contribution in [3.8, 4) is 11.5 Å². The molecule has 1 saturated heterocycles. The van der Waals surface area contributed by atoms with Gasteiger partial charge in [0, 0.05) is 38.0 Å². The average Bonchev–Trinajstić information content (AvgIpc) is 3.30. The third-order valence-electron chi connectivity index (χ3n) is 6.12. The highest BCUT2D eigenvalue weighted by molar-refractivity contribution is 7.18. The lowest BCUT2D eigenvalue weighted by Crippen LogP contribution is -2.37. The van der Waals surface area contributed by atoms with Crippen LogP contribution in [-0.2, 0) is 11.2 Å². The summed E-state index contributed by atoms with van der Waals surface area (Å²) in [4.78, 5) is 7.34. The number of hydrogen-bond acceptors (Lipinski definition) is 8. The van der Waals surface area contributed by atoms with E-state index in [1.165, 1.54) is 10.3 Å². The van der Waals surface area contributed by atoms with E-state index in [2.05, 4.69) is 35.3 Å². The normalized spacial score (nSPS) is 15.9. The van der Waals surface area contributed by atoms with E-state index in [-0.39, 0.29) is 6.04 Å². The number of benzene rings is 2. The van der Waals surface area contributed by atoms with Crippen LogP contribution in [0.3, 0.4) is 0 Å². The molecule has 1 unspecified atom stereocenters. The van der Waals surface area contributed by atoms with E-state index in [9.17, 15) is 0 Å². The van der Waals surface area contributed by atoms with Crippen molar-refractivity contribution in [3.63, 3.8) is 0 Å². The fraction of sp³-hybridized carbons (Fsp3) is 0.423. The van der Waals surface area contributed by atoms with Crippen LogP contribution in [-0.4, -0.2) is 57.0 Å². The van der Waals surface area contributed by atoms with Gasteiger partial charge < -0.3 is 25.3 Å². The number of ether oxygens (including phenoxy) is 3. The Kier molecular flexibility index (Phi) is 8.26. The van der Waals surface area contributed by atoms with Crippen molar-refractivity contribution in [1.29, 1.82) is 0 Å². The molecule has 0 spiro atoms. The quantitative estimate of drug-likeness (QED) is 0.451. The Hall–Kier alpha value is -2.81. The van der Waals surface area contributed by atoms with Crippen molar-refractivity contribution >= 4 is 21.6 Å². The first-order valence-corrected chi connectivity index (χ1v) is 12.5. The molecule has 3 aromatic rings. The molecular weight excluding hydrogens is 448 g/mol. The molecule has 2 heterocycles. The van der Waals surface area contributed by atoms with Crippen LogP contribution in [0.2, 0.25) is 0 Å². The van der Waals surface area contributed by atoms with Gasteiger partial charge in [-0.05, 0) is 41.8 Å². The number of hydrogen-bond donors (Lipinski definition) is 2. The van der Waals surface area contributed by atoms with E-state index in [0.717, 1.165) is 67.5 Å². The minimum atomic E-state index is -0.163. The molecule has 0 saturated carbocycles. The summed E-state index contributed by atoms with van der Waals surface area (Å²) in [6, 6.07) is 12.3. The second-order valence-corrected chi connectivity index (χ2v) is 9.41. The monoisotopic (exact) mass is 482 g/mol. The average molecular weight is 483 g/mol. The fourth-order valence-electron chi connectivity index (χ4n) is 4.05. The third kappa shape index (κ3) is 5.81. The Balaban J connectivity index is 1.60. The van der Waals surface area contributed by atoms with E-state index >= 15 is 0 Å². The maximum absolute atomic E-state index is 6.39. The maximum atomic E-state index is 6.39. The van der Waals surface area contributed by atoms with Crippen LogP contribution in [0.4, 0.5) is 0 Å². The molecule has 182 valence electrons. The molecule has 1 aliphatic heterocycles. The minimum absolute atomic E-state index is 0.163. The zero-order valence-electron chi connectivity index (χ0n) is 20.2. The van der Waals surface area contributed by atoms with Gasteiger partial charge in [-0.25, -0.2) is 4.98 Å². The Labute approximate surface area is 205 Å². The summed E-state index contributed by atoms with van der Waals surface area (Å²) in [7, 11) is 3.29. The van der Waals surface area contributed by atoms with E-state index in [4.69, 9.17) is 24.9 Å². The van der Waals surface area contributed by atoms with Gasteiger partial charge in [-0.3, -0.25) is 4.90 Å². The summed E-state index contributed by atoms with van der Waals surface area (Å²) in [6.07, 6.45) is 3.72. The molecule has 0 amide bonds. The lowest BCUT2D eigenvalue weighted by atomic mass is 10.1. The lowest BCUT2D eigenvalue weighted by Gasteiger charge is -2.26. The van der Waals surface area contributed by atoms with Gasteiger partial charge in [-0.1, -0.05) is 19.1 Å². The fourth-order valence-corrected chi connectivity index (χ4v) is 5.17. The summed E-state index contributed by atoms with van der Waals surface area (Å²) < 4.78 is 17.6. The number of fused-ring (bicyclic) bond motifs is 1. The van der Waals surface area contributed by atoms with Gasteiger partial charge in [0.25, 0.3) is 0 Å². The predicted octanol–water partition coefficient (Wildman–Crippen LogP) is 4.08. The van der Waals surface area contributed by atoms with E-state index < -0.39 is 0 Å². The highest BCUT2D eigenvalue weighted by Crippen LogP contribution is 2.35. The van der Waals surface area contributed by atoms with Gasteiger partial charge in [-0.15, -0.1) is 11.3 Å². The number of rotatable bonds is 10. The first-order chi connectivity index (χ1) is 16.6. The molecule has 0 radical (unpaired) electrons. The summed E-state index contributed by atoms with van der Waals surface area (Å²) in [5.74, 6) is 1.38. The molecule has 1 aliphatic rings. The third-order valence-corrected chi connectivity index (χ3v) is 7.20. The minimum Gasteiger partial charge on any atom is -0.493 e. The lowest BCUT2D eigenvalue weighted by molar-refractivity contribution is 0.0384. The molecule has 1 fully saturated rings. The molecule has 3 N–H and O–H groups in total. The topological polar surface area (TPSA) is 81.9 Å². The molecular formula is C26H34N4O3S. The number of methoxy groups -OCH3 is 2. The van der Waals surface area contributed by atoms with E-state index in [1.54, 1.807) is 25.6 Å². The molecule has 34 heavy (non-hydrogen) atoms. The van der Waals surface area contributed by atoms with Crippen molar-refractivity contribution in [2.45, 2.75) is 25.8 Å². The Morgan fingerprint density at radius 1 is 1.18 bits per heavy atom. The number of aryl methyl sites for hydroxylation is 1. The SMILES string of the molecule is CCc1ccc2nc(C(N/C=C(\N)CCN3CCOCC3)c3ccc(OC)c(OC)c3)sc2c1. The van der Waals surface area contributed by atoms with Gasteiger partial charge in [-0.2, -0.15) is 0 Å². The zero-order chi connectivity index (χ0) is 23.9. The molecule has 7 nitrogen and oxygen atoms in total. The van der Waals surface area contributed by atoms with Gasteiger partial charge in [0.15, 0.2) is 11.5 Å². The first kappa shape index (κ1) is 24.3. The number of aromatic nitrogens is 1. The first-order valence-electron chi connectivity index (χ1n) is 11.7. The number of nitrogens with one attached hydrogen (secondary N) is 1. The molecule has 0 bridgehead atoms. The number of morpholine rings is 1. The second-order valence-electron chi connectivity index (χ2n) is 8.35. The number of thiazole rings is 1. The summed E-state index contributed by atoms with van der Waals surface area (Å²) in [5, 5.41) is 4.52. The second kappa shape index (κ2) is 11.6. The van der Waals surface area contributed by atoms with Crippen molar-refractivity contribution in [3.05, 3.63) is 64.4 Å².